The van der Waals surface area contributed by atoms with Crippen molar-refractivity contribution in [2.24, 2.45) is 0 Å². The van der Waals surface area contributed by atoms with Crippen LogP contribution in [0.5, 0.6) is 11.5 Å². The lowest BCUT2D eigenvalue weighted by Gasteiger charge is -2.09. The summed E-state index contributed by atoms with van der Waals surface area (Å²) in [4.78, 5) is 25.1. The number of hydrogen-bond donors (Lipinski definition) is 2. The van der Waals surface area contributed by atoms with Gasteiger partial charge in [0.15, 0.2) is 6.61 Å². The third-order valence-corrected chi connectivity index (χ3v) is 5.36. The zero-order chi connectivity index (χ0) is 22.1. The lowest BCUT2D eigenvalue weighted by molar-refractivity contribution is -0.118. The smallest absolute Gasteiger partial charge is 0.262 e. The number of halogens is 1. The summed E-state index contributed by atoms with van der Waals surface area (Å²) in [5.41, 5.74) is 1.26. The normalized spacial score (nSPS) is 10.3. The molecule has 0 heterocycles. The van der Waals surface area contributed by atoms with Crippen molar-refractivity contribution in [2.45, 2.75) is 4.90 Å². The van der Waals surface area contributed by atoms with Gasteiger partial charge in [0, 0.05) is 16.3 Å². The minimum atomic E-state index is -0.248. The fraction of sp³-hybridized carbons (Fsp3) is 0.130. The van der Waals surface area contributed by atoms with Crippen molar-refractivity contribution in [3.63, 3.8) is 0 Å². The molecule has 160 valence electrons. The molecule has 31 heavy (non-hydrogen) atoms. The van der Waals surface area contributed by atoms with E-state index < -0.39 is 0 Å². The van der Waals surface area contributed by atoms with Gasteiger partial charge in [0.25, 0.3) is 5.91 Å². The first-order valence-corrected chi connectivity index (χ1v) is 10.7. The van der Waals surface area contributed by atoms with E-state index >= 15 is 0 Å². The second-order valence-electron chi connectivity index (χ2n) is 6.36. The van der Waals surface area contributed by atoms with Crippen LogP contribution >= 0.6 is 23.4 Å². The van der Waals surface area contributed by atoms with Crippen LogP contribution in [0, 0.1) is 0 Å². The minimum absolute atomic E-state index is 0.0734. The van der Waals surface area contributed by atoms with Crippen LogP contribution in [0.3, 0.4) is 0 Å². The number of methoxy groups -OCH3 is 1. The monoisotopic (exact) mass is 456 g/mol. The Bertz CT molecular complexity index is 1030. The summed E-state index contributed by atoms with van der Waals surface area (Å²) in [7, 11) is 1.53. The lowest BCUT2D eigenvalue weighted by atomic mass is 10.3. The van der Waals surface area contributed by atoms with Crippen LogP contribution in [-0.4, -0.2) is 31.3 Å². The van der Waals surface area contributed by atoms with Gasteiger partial charge in [-0.05, 0) is 54.6 Å². The molecule has 0 aliphatic heterocycles. The van der Waals surface area contributed by atoms with Crippen molar-refractivity contribution in [2.75, 3.05) is 30.1 Å². The number of anilines is 2. The number of carbonyl (C=O) groups is 2. The molecule has 2 amide bonds. The van der Waals surface area contributed by atoms with E-state index in [0.29, 0.717) is 27.9 Å². The van der Waals surface area contributed by atoms with Gasteiger partial charge < -0.3 is 20.1 Å². The average Bonchev–Trinajstić information content (AvgIpc) is 2.78. The summed E-state index contributed by atoms with van der Waals surface area (Å²) < 4.78 is 10.5. The molecule has 0 aliphatic carbocycles. The zero-order valence-corrected chi connectivity index (χ0v) is 18.3. The summed E-state index contributed by atoms with van der Waals surface area (Å²) in [6.45, 7) is -0.0734. The molecule has 0 saturated heterocycles. The number of para-hydroxylation sites is 1. The maximum Gasteiger partial charge on any atom is 0.262 e. The third kappa shape index (κ3) is 7.24. The summed E-state index contributed by atoms with van der Waals surface area (Å²) in [5, 5.41) is 6.01. The van der Waals surface area contributed by atoms with Gasteiger partial charge in [-0.1, -0.05) is 29.8 Å². The van der Waals surface area contributed by atoms with E-state index in [2.05, 4.69) is 10.6 Å². The van der Waals surface area contributed by atoms with E-state index in [9.17, 15) is 9.59 Å². The largest absolute Gasteiger partial charge is 0.495 e. The van der Waals surface area contributed by atoms with Gasteiger partial charge in [-0.15, -0.1) is 11.8 Å². The standard InChI is InChI=1S/C23H21ClN2O4S/c1-29-21-12-9-17(13-20(21)24)26-23(28)15-31-19-10-7-16(8-11-19)25-22(27)14-30-18-5-3-2-4-6-18/h2-13H,14-15H2,1H3,(H,25,27)(H,26,28). The average molecular weight is 457 g/mol. The number of ether oxygens (including phenoxy) is 2. The van der Waals surface area contributed by atoms with Gasteiger partial charge in [-0.3, -0.25) is 9.59 Å². The van der Waals surface area contributed by atoms with Crippen LogP contribution in [0.4, 0.5) is 11.4 Å². The van der Waals surface area contributed by atoms with Gasteiger partial charge in [0.1, 0.15) is 11.5 Å². The Kier molecular flexibility index (Phi) is 8.20. The number of nitrogens with one attached hydrogen (secondary N) is 2. The molecule has 0 saturated carbocycles. The molecule has 0 fully saturated rings. The molecule has 0 radical (unpaired) electrons. The number of rotatable bonds is 9. The topological polar surface area (TPSA) is 76.7 Å². The minimum Gasteiger partial charge on any atom is -0.495 e. The van der Waals surface area contributed by atoms with Crippen molar-refractivity contribution in [3.8, 4) is 11.5 Å². The van der Waals surface area contributed by atoms with E-state index in [1.165, 1.54) is 18.9 Å². The summed E-state index contributed by atoms with van der Waals surface area (Å²) in [6.07, 6.45) is 0. The number of benzene rings is 3. The first kappa shape index (κ1) is 22.5. The predicted octanol–water partition coefficient (Wildman–Crippen LogP) is 5.10. The molecule has 0 aromatic heterocycles. The second-order valence-corrected chi connectivity index (χ2v) is 7.82. The highest BCUT2D eigenvalue weighted by Gasteiger charge is 2.08. The first-order valence-electron chi connectivity index (χ1n) is 9.37. The van der Waals surface area contributed by atoms with Crippen molar-refractivity contribution in [1.29, 1.82) is 0 Å². The molecule has 3 aromatic carbocycles. The lowest BCUT2D eigenvalue weighted by Crippen LogP contribution is -2.20. The van der Waals surface area contributed by atoms with E-state index in [-0.39, 0.29) is 24.2 Å². The Balaban J connectivity index is 1.43. The van der Waals surface area contributed by atoms with Gasteiger partial charge in [-0.2, -0.15) is 0 Å². The highest BCUT2D eigenvalue weighted by Crippen LogP contribution is 2.27. The highest BCUT2D eigenvalue weighted by atomic mass is 35.5. The molecule has 3 aromatic rings. The summed E-state index contributed by atoms with van der Waals surface area (Å²) >= 11 is 7.46. The molecular formula is C23H21ClN2O4S. The van der Waals surface area contributed by atoms with Crippen LogP contribution < -0.4 is 20.1 Å². The van der Waals surface area contributed by atoms with Crippen LogP contribution in [0.2, 0.25) is 5.02 Å². The van der Waals surface area contributed by atoms with Crippen molar-refractivity contribution in [1.82, 2.24) is 0 Å². The molecule has 0 unspecified atom stereocenters. The predicted molar refractivity (Wildman–Crippen MR) is 124 cm³/mol. The molecule has 8 heteroatoms. The fourth-order valence-electron chi connectivity index (χ4n) is 2.59. The molecule has 0 spiro atoms. The van der Waals surface area contributed by atoms with Crippen molar-refractivity contribution >= 4 is 46.6 Å². The van der Waals surface area contributed by atoms with Crippen LogP contribution in [0.1, 0.15) is 0 Å². The number of thioether (sulfide) groups is 1. The molecule has 0 bridgehead atoms. The maximum absolute atomic E-state index is 12.2. The fourth-order valence-corrected chi connectivity index (χ4v) is 3.54. The number of carbonyl (C=O) groups excluding carboxylic acids is 2. The highest BCUT2D eigenvalue weighted by molar-refractivity contribution is 8.00. The second kappa shape index (κ2) is 11.3. The molecule has 0 atom stereocenters. The van der Waals surface area contributed by atoms with Crippen LogP contribution in [0.25, 0.3) is 0 Å². The van der Waals surface area contributed by atoms with Gasteiger partial charge in [0.2, 0.25) is 5.91 Å². The summed E-state index contributed by atoms with van der Waals surface area (Å²) in [6, 6.07) is 21.5. The van der Waals surface area contributed by atoms with Gasteiger partial charge in [-0.25, -0.2) is 0 Å². The van der Waals surface area contributed by atoms with E-state index in [1.54, 1.807) is 42.5 Å². The SMILES string of the molecule is COc1ccc(NC(=O)CSc2ccc(NC(=O)COc3ccccc3)cc2)cc1Cl. The zero-order valence-electron chi connectivity index (χ0n) is 16.8. The molecule has 6 nitrogen and oxygen atoms in total. The van der Waals surface area contributed by atoms with E-state index in [1.807, 2.05) is 30.3 Å². The van der Waals surface area contributed by atoms with Gasteiger partial charge in [0.05, 0.1) is 17.9 Å². The Morgan fingerprint density at radius 3 is 2.26 bits per heavy atom. The third-order valence-electron chi connectivity index (χ3n) is 4.06. The molecule has 2 N–H and O–H groups in total. The van der Waals surface area contributed by atoms with Crippen LogP contribution in [-0.2, 0) is 9.59 Å². The number of hydrogen-bond acceptors (Lipinski definition) is 5. The first-order chi connectivity index (χ1) is 15.0. The Hall–Kier alpha value is -3.16. The van der Waals surface area contributed by atoms with E-state index in [4.69, 9.17) is 21.1 Å². The Morgan fingerprint density at radius 2 is 1.58 bits per heavy atom. The molecule has 0 aliphatic rings. The molecular weight excluding hydrogens is 436 g/mol. The van der Waals surface area contributed by atoms with Crippen LogP contribution in [0.15, 0.2) is 77.7 Å². The Labute approximate surface area is 189 Å². The molecule has 3 rings (SSSR count). The number of amides is 2. The van der Waals surface area contributed by atoms with Crippen molar-refractivity contribution < 1.29 is 19.1 Å². The summed E-state index contributed by atoms with van der Waals surface area (Å²) in [5.74, 6) is 1.02. The van der Waals surface area contributed by atoms with E-state index in [0.717, 1.165) is 4.90 Å². The maximum atomic E-state index is 12.2. The Morgan fingerprint density at radius 1 is 0.903 bits per heavy atom. The quantitative estimate of drug-likeness (QED) is 0.438. The van der Waals surface area contributed by atoms with Crippen molar-refractivity contribution in [3.05, 3.63) is 77.8 Å². The van der Waals surface area contributed by atoms with Gasteiger partial charge >= 0.3 is 0 Å².